The number of ether oxygens (including phenoxy) is 1. The molecular formula is C16H26N2O. The molecule has 0 unspecified atom stereocenters. The van der Waals surface area contributed by atoms with Crippen molar-refractivity contribution in [2.45, 2.75) is 32.6 Å². The lowest BCUT2D eigenvalue weighted by Gasteiger charge is -2.31. The number of nitrogens with two attached hydrogens (primary N) is 1. The molecule has 0 atom stereocenters. The van der Waals surface area contributed by atoms with Crippen LogP contribution in [-0.2, 0) is 0 Å². The normalized spacial score (nSPS) is 17.5. The zero-order chi connectivity index (χ0) is 13.5. The van der Waals surface area contributed by atoms with Crippen molar-refractivity contribution in [2.75, 3.05) is 32.0 Å². The van der Waals surface area contributed by atoms with Crippen LogP contribution < -0.4 is 10.5 Å². The summed E-state index contributed by atoms with van der Waals surface area (Å²) in [5, 5.41) is 0. The number of nitrogen functional groups attached to an aromatic ring is 1. The van der Waals surface area contributed by atoms with Crippen LogP contribution in [0.1, 0.15) is 32.6 Å². The van der Waals surface area contributed by atoms with Gasteiger partial charge in [-0.2, -0.15) is 0 Å². The first-order valence-corrected chi connectivity index (χ1v) is 7.48. The molecule has 1 heterocycles. The van der Waals surface area contributed by atoms with Gasteiger partial charge in [0, 0.05) is 12.2 Å². The van der Waals surface area contributed by atoms with Crippen molar-refractivity contribution in [1.82, 2.24) is 4.90 Å². The molecule has 1 aliphatic rings. The minimum atomic E-state index is 0.766. The van der Waals surface area contributed by atoms with Gasteiger partial charge in [0.15, 0.2) is 0 Å². The largest absolute Gasteiger partial charge is 0.492 e. The quantitative estimate of drug-likeness (QED) is 0.800. The summed E-state index contributed by atoms with van der Waals surface area (Å²) in [6.45, 7) is 6.55. The molecule has 0 bridgehead atoms. The summed E-state index contributed by atoms with van der Waals surface area (Å²) in [5.41, 5.74) is 6.43. The van der Waals surface area contributed by atoms with Crippen LogP contribution >= 0.6 is 0 Å². The van der Waals surface area contributed by atoms with E-state index in [2.05, 4.69) is 11.8 Å². The van der Waals surface area contributed by atoms with E-state index in [1.54, 1.807) is 0 Å². The fraction of sp³-hybridized carbons (Fsp3) is 0.625. The van der Waals surface area contributed by atoms with E-state index in [1.165, 1.54) is 38.8 Å². The Morgan fingerprint density at radius 2 is 1.89 bits per heavy atom. The maximum absolute atomic E-state index is 5.74. The third kappa shape index (κ3) is 4.75. The van der Waals surface area contributed by atoms with Crippen LogP contribution in [0.2, 0.25) is 0 Å². The summed E-state index contributed by atoms with van der Waals surface area (Å²) in [4.78, 5) is 2.52. The smallest absolute Gasteiger partial charge is 0.119 e. The summed E-state index contributed by atoms with van der Waals surface area (Å²) >= 11 is 0. The Bertz CT molecular complexity index is 356. The Morgan fingerprint density at radius 1 is 1.21 bits per heavy atom. The van der Waals surface area contributed by atoms with Crippen molar-refractivity contribution < 1.29 is 4.74 Å². The molecule has 3 nitrogen and oxygen atoms in total. The highest BCUT2D eigenvalue weighted by Gasteiger charge is 2.17. The molecule has 1 saturated heterocycles. The molecule has 1 aromatic rings. The number of hydrogen-bond donors (Lipinski definition) is 1. The number of likely N-dealkylation sites (tertiary alicyclic amines) is 1. The van der Waals surface area contributed by atoms with E-state index >= 15 is 0 Å². The number of hydrogen-bond acceptors (Lipinski definition) is 3. The SMILES string of the molecule is CCCC1CCN(CCOc2ccc(N)cc2)CC1. The lowest BCUT2D eigenvalue weighted by molar-refractivity contribution is 0.151. The number of benzene rings is 1. The maximum Gasteiger partial charge on any atom is 0.119 e. The van der Waals surface area contributed by atoms with E-state index in [9.17, 15) is 0 Å². The average Bonchev–Trinajstić information content (AvgIpc) is 2.43. The van der Waals surface area contributed by atoms with Gasteiger partial charge < -0.3 is 10.5 Å². The van der Waals surface area contributed by atoms with Crippen LogP contribution in [0, 0.1) is 5.92 Å². The number of piperidine rings is 1. The van der Waals surface area contributed by atoms with Crippen molar-refractivity contribution in [2.24, 2.45) is 5.92 Å². The van der Waals surface area contributed by atoms with Crippen molar-refractivity contribution >= 4 is 5.69 Å². The zero-order valence-corrected chi connectivity index (χ0v) is 12.0. The summed E-state index contributed by atoms with van der Waals surface area (Å²) in [7, 11) is 0. The highest BCUT2D eigenvalue weighted by atomic mass is 16.5. The minimum Gasteiger partial charge on any atom is -0.492 e. The molecule has 2 N–H and O–H groups in total. The molecule has 0 aromatic heterocycles. The summed E-state index contributed by atoms with van der Waals surface area (Å²) < 4.78 is 5.74. The zero-order valence-electron chi connectivity index (χ0n) is 12.0. The highest BCUT2D eigenvalue weighted by molar-refractivity contribution is 5.41. The molecule has 1 aliphatic heterocycles. The third-order valence-corrected chi connectivity index (χ3v) is 3.96. The van der Waals surface area contributed by atoms with Gasteiger partial charge in [0.05, 0.1) is 0 Å². The van der Waals surface area contributed by atoms with Gasteiger partial charge in [0.1, 0.15) is 12.4 Å². The third-order valence-electron chi connectivity index (χ3n) is 3.96. The maximum atomic E-state index is 5.74. The molecular weight excluding hydrogens is 236 g/mol. The van der Waals surface area contributed by atoms with E-state index < -0.39 is 0 Å². The average molecular weight is 262 g/mol. The van der Waals surface area contributed by atoms with E-state index in [4.69, 9.17) is 10.5 Å². The Morgan fingerprint density at radius 3 is 2.53 bits per heavy atom. The Hall–Kier alpha value is -1.22. The first kappa shape index (κ1) is 14.2. The van der Waals surface area contributed by atoms with Crippen LogP contribution in [0.5, 0.6) is 5.75 Å². The van der Waals surface area contributed by atoms with Gasteiger partial charge in [-0.3, -0.25) is 4.90 Å². The number of nitrogens with zero attached hydrogens (tertiary/aromatic N) is 1. The van der Waals surface area contributed by atoms with Crippen LogP contribution in [0.15, 0.2) is 24.3 Å². The molecule has 0 amide bonds. The lowest BCUT2D eigenvalue weighted by atomic mass is 9.92. The predicted molar refractivity (Wildman–Crippen MR) is 80.4 cm³/mol. The topological polar surface area (TPSA) is 38.5 Å². The standard InChI is InChI=1S/C16H26N2O/c1-2-3-14-8-10-18(11-9-14)12-13-19-16-6-4-15(17)5-7-16/h4-7,14H,2-3,8-13,17H2,1H3. The van der Waals surface area contributed by atoms with E-state index in [1.807, 2.05) is 24.3 Å². The first-order valence-electron chi connectivity index (χ1n) is 7.48. The van der Waals surface area contributed by atoms with Gasteiger partial charge >= 0.3 is 0 Å². The number of anilines is 1. The van der Waals surface area contributed by atoms with Crippen LogP contribution in [0.25, 0.3) is 0 Å². The van der Waals surface area contributed by atoms with E-state index in [-0.39, 0.29) is 0 Å². The van der Waals surface area contributed by atoms with Crippen LogP contribution in [-0.4, -0.2) is 31.1 Å². The van der Waals surface area contributed by atoms with Crippen molar-refractivity contribution in [3.05, 3.63) is 24.3 Å². The van der Waals surface area contributed by atoms with Gasteiger partial charge in [0.25, 0.3) is 0 Å². The van der Waals surface area contributed by atoms with Gasteiger partial charge in [-0.15, -0.1) is 0 Å². The lowest BCUT2D eigenvalue weighted by Crippen LogP contribution is -2.36. The predicted octanol–water partition coefficient (Wildman–Crippen LogP) is 3.16. The molecule has 19 heavy (non-hydrogen) atoms. The Kier molecular flexibility index (Phi) is 5.52. The van der Waals surface area contributed by atoms with Crippen LogP contribution in [0.4, 0.5) is 5.69 Å². The Balaban J connectivity index is 1.63. The molecule has 0 saturated carbocycles. The summed E-state index contributed by atoms with van der Waals surface area (Å²) in [6.07, 6.45) is 5.44. The summed E-state index contributed by atoms with van der Waals surface area (Å²) in [6, 6.07) is 7.63. The van der Waals surface area contributed by atoms with Crippen molar-refractivity contribution in [1.29, 1.82) is 0 Å². The first-order chi connectivity index (χ1) is 9.28. The molecule has 0 spiro atoms. The second kappa shape index (κ2) is 7.39. The van der Waals surface area contributed by atoms with Gasteiger partial charge in [-0.05, 0) is 56.1 Å². The van der Waals surface area contributed by atoms with Gasteiger partial charge in [-0.1, -0.05) is 19.8 Å². The van der Waals surface area contributed by atoms with Gasteiger partial charge in [0.2, 0.25) is 0 Å². The molecule has 0 aliphatic carbocycles. The second-order valence-electron chi connectivity index (χ2n) is 5.49. The fourth-order valence-electron chi connectivity index (χ4n) is 2.76. The van der Waals surface area contributed by atoms with Crippen molar-refractivity contribution in [3.63, 3.8) is 0 Å². The Labute approximate surface area is 116 Å². The van der Waals surface area contributed by atoms with Crippen molar-refractivity contribution in [3.8, 4) is 5.75 Å². The van der Waals surface area contributed by atoms with Gasteiger partial charge in [-0.25, -0.2) is 0 Å². The fourth-order valence-corrected chi connectivity index (χ4v) is 2.76. The monoisotopic (exact) mass is 262 g/mol. The minimum absolute atomic E-state index is 0.766. The highest BCUT2D eigenvalue weighted by Crippen LogP contribution is 2.21. The second-order valence-corrected chi connectivity index (χ2v) is 5.49. The molecule has 2 rings (SSSR count). The molecule has 3 heteroatoms. The molecule has 1 aromatic carbocycles. The van der Waals surface area contributed by atoms with E-state index in [0.29, 0.717) is 0 Å². The molecule has 106 valence electrons. The number of rotatable bonds is 6. The molecule has 0 radical (unpaired) electrons. The van der Waals surface area contributed by atoms with Crippen LogP contribution in [0.3, 0.4) is 0 Å². The summed E-state index contributed by atoms with van der Waals surface area (Å²) in [5.74, 6) is 1.87. The molecule has 1 fully saturated rings. The van der Waals surface area contributed by atoms with E-state index in [0.717, 1.165) is 30.5 Å².